The molecule has 0 spiro atoms. The number of amides is 1. The third-order valence-electron chi connectivity index (χ3n) is 3.22. The van der Waals surface area contributed by atoms with Crippen LogP contribution in [0, 0.1) is 0 Å². The predicted octanol–water partition coefficient (Wildman–Crippen LogP) is 3.01. The molecule has 0 saturated carbocycles. The Hall–Kier alpha value is -1.21. The summed E-state index contributed by atoms with van der Waals surface area (Å²) in [6, 6.07) is 6.16. The Morgan fingerprint density at radius 3 is 2.38 bits per heavy atom. The molecule has 1 heterocycles. The van der Waals surface area contributed by atoms with Crippen LogP contribution in [-0.2, 0) is 11.3 Å². The van der Waals surface area contributed by atoms with Gasteiger partial charge >= 0.3 is 5.51 Å². The van der Waals surface area contributed by atoms with E-state index in [0.29, 0.717) is 6.54 Å². The maximum Gasteiger partial charge on any atom is 0.446 e. The zero-order valence-electron chi connectivity index (χ0n) is 11.4. The fourth-order valence-corrected chi connectivity index (χ4v) is 2.74. The summed E-state index contributed by atoms with van der Waals surface area (Å²) >= 11 is -0.126. The smallest absolute Gasteiger partial charge is 0.342 e. The topological polar surface area (TPSA) is 32.3 Å². The predicted molar refractivity (Wildman–Crippen MR) is 75.9 cm³/mol. The van der Waals surface area contributed by atoms with Gasteiger partial charge in [-0.1, -0.05) is 12.1 Å². The minimum Gasteiger partial charge on any atom is -0.342 e. The number of benzene rings is 1. The number of alkyl halides is 3. The Kier molecular flexibility index (Phi) is 5.52. The van der Waals surface area contributed by atoms with Crippen molar-refractivity contribution in [3.63, 3.8) is 0 Å². The molecule has 0 aromatic heterocycles. The highest BCUT2D eigenvalue weighted by atomic mass is 32.2. The second-order valence-electron chi connectivity index (χ2n) is 4.88. The maximum atomic E-state index is 12.2. The first-order valence-corrected chi connectivity index (χ1v) is 7.59. The summed E-state index contributed by atoms with van der Waals surface area (Å²) in [4.78, 5) is 13.8. The van der Waals surface area contributed by atoms with Gasteiger partial charge in [0.15, 0.2) is 0 Å². The third kappa shape index (κ3) is 5.59. The summed E-state index contributed by atoms with van der Waals surface area (Å²) in [7, 11) is 0. The summed E-state index contributed by atoms with van der Waals surface area (Å²) < 4.78 is 36.6. The Labute approximate surface area is 125 Å². The highest BCUT2D eigenvalue weighted by molar-refractivity contribution is 8.00. The molecule has 116 valence electrons. The zero-order valence-corrected chi connectivity index (χ0v) is 12.3. The molecule has 0 atom stereocenters. The normalized spacial score (nSPS) is 15.5. The molecule has 1 aromatic rings. The number of thioether (sulfide) groups is 1. The maximum absolute atomic E-state index is 12.2. The number of carbonyl (C=O) groups is 1. The van der Waals surface area contributed by atoms with Crippen molar-refractivity contribution in [2.24, 2.45) is 0 Å². The molecule has 0 radical (unpaired) electrons. The molecule has 1 saturated heterocycles. The number of nitrogens with one attached hydrogen (secondary N) is 1. The van der Waals surface area contributed by atoms with Crippen molar-refractivity contribution in [2.45, 2.75) is 29.8 Å². The number of rotatable bonds is 5. The monoisotopic (exact) mass is 318 g/mol. The van der Waals surface area contributed by atoms with Crippen molar-refractivity contribution < 1.29 is 18.0 Å². The first-order valence-electron chi connectivity index (χ1n) is 6.77. The fourth-order valence-electron chi connectivity index (χ4n) is 2.20. The first kappa shape index (κ1) is 16.2. The highest BCUT2D eigenvalue weighted by Crippen LogP contribution is 2.36. The number of hydrogen-bond acceptors (Lipinski definition) is 3. The lowest BCUT2D eigenvalue weighted by atomic mass is 10.2. The van der Waals surface area contributed by atoms with Gasteiger partial charge in [0.05, 0.1) is 6.54 Å². The zero-order chi connectivity index (χ0) is 15.3. The lowest BCUT2D eigenvalue weighted by Crippen LogP contribution is -2.35. The lowest BCUT2D eigenvalue weighted by molar-refractivity contribution is -0.129. The molecule has 1 aliphatic rings. The number of nitrogens with zero attached hydrogens (tertiary/aromatic N) is 1. The van der Waals surface area contributed by atoms with E-state index in [0.717, 1.165) is 31.5 Å². The molecular formula is C14H17F3N2OS. The molecule has 1 aliphatic heterocycles. The molecule has 1 amide bonds. The number of halogens is 3. The van der Waals surface area contributed by atoms with Crippen molar-refractivity contribution in [2.75, 3.05) is 19.6 Å². The second kappa shape index (κ2) is 7.17. The van der Waals surface area contributed by atoms with E-state index in [-0.39, 0.29) is 29.1 Å². The molecule has 1 aromatic carbocycles. The number of hydrogen-bond donors (Lipinski definition) is 1. The molecule has 1 fully saturated rings. The second-order valence-corrected chi connectivity index (χ2v) is 6.02. The van der Waals surface area contributed by atoms with Crippen LogP contribution in [0.2, 0.25) is 0 Å². The van der Waals surface area contributed by atoms with Crippen LogP contribution in [0.4, 0.5) is 13.2 Å². The fraction of sp³-hybridized carbons (Fsp3) is 0.500. The Morgan fingerprint density at radius 1 is 1.19 bits per heavy atom. The van der Waals surface area contributed by atoms with E-state index in [2.05, 4.69) is 5.32 Å². The molecule has 0 unspecified atom stereocenters. The number of carbonyl (C=O) groups excluding carboxylic acids is 1. The van der Waals surface area contributed by atoms with Crippen molar-refractivity contribution in [3.8, 4) is 0 Å². The van der Waals surface area contributed by atoms with Crippen molar-refractivity contribution in [1.82, 2.24) is 10.2 Å². The van der Waals surface area contributed by atoms with Crippen LogP contribution in [0.25, 0.3) is 0 Å². The van der Waals surface area contributed by atoms with Gasteiger partial charge in [-0.3, -0.25) is 4.79 Å². The largest absolute Gasteiger partial charge is 0.446 e. The van der Waals surface area contributed by atoms with Gasteiger partial charge in [-0.25, -0.2) is 0 Å². The van der Waals surface area contributed by atoms with Crippen LogP contribution < -0.4 is 5.32 Å². The van der Waals surface area contributed by atoms with E-state index >= 15 is 0 Å². The average Bonchev–Trinajstić information content (AvgIpc) is 2.93. The first-order chi connectivity index (χ1) is 9.94. The average molecular weight is 318 g/mol. The van der Waals surface area contributed by atoms with Gasteiger partial charge < -0.3 is 10.2 Å². The molecule has 0 bridgehead atoms. The van der Waals surface area contributed by atoms with E-state index < -0.39 is 5.51 Å². The summed E-state index contributed by atoms with van der Waals surface area (Å²) in [5.41, 5.74) is -3.40. The van der Waals surface area contributed by atoms with E-state index in [1.807, 2.05) is 4.90 Å². The van der Waals surface area contributed by atoms with Gasteiger partial charge in [0, 0.05) is 24.5 Å². The van der Waals surface area contributed by atoms with Crippen LogP contribution in [0.5, 0.6) is 0 Å². The van der Waals surface area contributed by atoms with Gasteiger partial charge in [-0.2, -0.15) is 13.2 Å². The van der Waals surface area contributed by atoms with E-state index in [1.54, 1.807) is 12.1 Å². The Bertz CT molecular complexity index is 470. The minimum absolute atomic E-state index is 0.0803. The van der Waals surface area contributed by atoms with Gasteiger partial charge in [0.2, 0.25) is 5.91 Å². The van der Waals surface area contributed by atoms with E-state index in [1.165, 1.54) is 12.1 Å². The van der Waals surface area contributed by atoms with E-state index in [4.69, 9.17) is 0 Å². The summed E-state index contributed by atoms with van der Waals surface area (Å²) in [6.45, 7) is 2.38. The van der Waals surface area contributed by atoms with Crippen LogP contribution in [0.15, 0.2) is 29.2 Å². The minimum atomic E-state index is -4.26. The third-order valence-corrected chi connectivity index (χ3v) is 3.96. The Morgan fingerprint density at radius 2 is 1.81 bits per heavy atom. The molecular weight excluding hydrogens is 301 g/mol. The summed E-state index contributed by atoms with van der Waals surface area (Å²) in [5, 5.41) is 3.03. The van der Waals surface area contributed by atoms with Crippen molar-refractivity contribution in [3.05, 3.63) is 29.8 Å². The van der Waals surface area contributed by atoms with Crippen molar-refractivity contribution >= 4 is 17.7 Å². The van der Waals surface area contributed by atoms with Gasteiger partial charge in [-0.05, 0) is 42.3 Å². The Balaban J connectivity index is 1.74. The van der Waals surface area contributed by atoms with Crippen LogP contribution in [0.3, 0.4) is 0 Å². The van der Waals surface area contributed by atoms with Gasteiger partial charge in [0.1, 0.15) is 0 Å². The van der Waals surface area contributed by atoms with E-state index in [9.17, 15) is 18.0 Å². The van der Waals surface area contributed by atoms with Gasteiger partial charge in [0.25, 0.3) is 0 Å². The highest BCUT2D eigenvalue weighted by Gasteiger charge is 2.28. The quantitative estimate of drug-likeness (QED) is 0.847. The summed E-state index contributed by atoms with van der Waals surface area (Å²) in [5.74, 6) is 0.0803. The molecule has 2 rings (SSSR count). The molecule has 0 aliphatic carbocycles. The molecule has 3 nitrogen and oxygen atoms in total. The number of likely N-dealkylation sites (tertiary alicyclic amines) is 1. The lowest BCUT2D eigenvalue weighted by Gasteiger charge is -2.15. The molecule has 21 heavy (non-hydrogen) atoms. The van der Waals surface area contributed by atoms with Crippen LogP contribution in [0.1, 0.15) is 18.4 Å². The van der Waals surface area contributed by atoms with Crippen LogP contribution in [-0.4, -0.2) is 35.9 Å². The van der Waals surface area contributed by atoms with Gasteiger partial charge in [-0.15, -0.1) is 0 Å². The van der Waals surface area contributed by atoms with Crippen molar-refractivity contribution in [1.29, 1.82) is 0 Å². The summed E-state index contributed by atoms with van der Waals surface area (Å²) in [6.07, 6.45) is 2.12. The van der Waals surface area contributed by atoms with Crippen LogP contribution >= 0.6 is 11.8 Å². The molecule has 1 N–H and O–H groups in total. The molecule has 7 heteroatoms. The SMILES string of the molecule is O=C(CNCc1ccc(SC(F)(F)F)cc1)N1CCCC1. The standard InChI is InChI=1S/C14H17F3N2OS/c15-14(16,17)21-12-5-3-11(4-6-12)9-18-10-13(20)19-7-1-2-8-19/h3-6,18H,1-2,7-10H2.